The molecule has 0 unspecified atom stereocenters. The number of hydrogen-bond acceptors (Lipinski definition) is 5. The van der Waals surface area contributed by atoms with Crippen LogP contribution in [0.1, 0.15) is 24.2 Å². The molecule has 0 atom stereocenters. The minimum absolute atomic E-state index is 0.0188. The number of allylic oxidation sites excluding steroid dienone is 1. The van der Waals surface area contributed by atoms with Gasteiger partial charge < -0.3 is 15.4 Å². The van der Waals surface area contributed by atoms with Gasteiger partial charge in [-0.15, -0.1) is 11.3 Å². The third kappa shape index (κ3) is 7.03. The lowest BCUT2D eigenvalue weighted by atomic mass is 10.0. The summed E-state index contributed by atoms with van der Waals surface area (Å²) in [5, 5.41) is 6.07. The van der Waals surface area contributed by atoms with Gasteiger partial charge in [-0.3, -0.25) is 9.59 Å². The average molecular weight is 440 g/mol. The van der Waals surface area contributed by atoms with Gasteiger partial charge in [0.15, 0.2) is 6.61 Å². The van der Waals surface area contributed by atoms with Crippen LogP contribution in [0.2, 0.25) is 0 Å². The van der Waals surface area contributed by atoms with Crippen molar-refractivity contribution in [2.24, 2.45) is 0 Å². The highest BCUT2D eigenvalue weighted by atomic mass is 32.1. The zero-order valence-corrected chi connectivity index (χ0v) is 16.9. The number of anilines is 1. The number of amides is 2. The van der Waals surface area contributed by atoms with Crippen LogP contribution in [0.4, 0.5) is 18.2 Å². The first-order valence-electron chi connectivity index (χ1n) is 8.70. The van der Waals surface area contributed by atoms with Crippen molar-refractivity contribution in [1.82, 2.24) is 5.32 Å². The van der Waals surface area contributed by atoms with E-state index >= 15 is 0 Å². The van der Waals surface area contributed by atoms with Crippen LogP contribution in [0.25, 0.3) is 11.1 Å². The molecular formula is C20H19F3N2O4S. The Labute approximate surface area is 174 Å². The SMILES string of the molecule is CC(C)=CC(=O)Nc1scc(-c2ccccc2)c1C(=O)OCC(=O)NCC(F)(F)F. The van der Waals surface area contributed by atoms with Crippen LogP contribution >= 0.6 is 11.3 Å². The Hall–Kier alpha value is -3.14. The molecule has 30 heavy (non-hydrogen) atoms. The van der Waals surface area contributed by atoms with Gasteiger partial charge in [0.1, 0.15) is 17.1 Å². The van der Waals surface area contributed by atoms with Gasteiger partial charge in [-0.1, -0.05) is 35.9 Å². The second-order valence-corrected chi connectivity index (χ2v) is 7.28. The lowest BCUT2D eigenvalue weighted by Crippen LogP contribution is -2.36. The summed E-state index contributed by atoms with van der Waals surface area (Å²) in [5.41, 5.74) is 1.90. The van der Waals surface area contributed by atoms with E-state index in [0.717, 1.165) is 16.9 Å². The normalized spacial score (nSPS) is 10.8. The molecule has 2 rings (SSSR count). The summed E-state index contributed by atoms with van der Waals surface area (Å²) >= 11 is 1.09. The lowest BCUT2D eigenvalue weighted by Gasteiger charge is -2.10. The molecule has 0 fully saturated rings. The smallest absolute Gasteiger partial charge is 0.405 e. The maximum Gasteiger partial charge on any atom is 0.405 e. The summed E-state index contributed by atoms with van der Waals surface area (Å²) < 4.78 is 41.4. The van der Waals surface area contributed by atoms with Crippen LogP contribution in [0.5, 0.6) is 0 Å². The van der Waals surface area contributed by atoms with Crippen LogP contribution < -0.4 is 10.6 Å². The molecule has 2 aromatic rings. The zero-order valence-electron chi connectivity index (χ0n) is 16.1. The van der Waals surface area contributed by atoms with Crippen molar-refractivity contribution in [2.45, 2.75) is 20.0 Å². The van der Waals surface area contributed by atoms with E-state index in [1.165, 1.54) is 6.08 Å². The molecule has 6 nitrogen and oxygen atoms in total. The number of esters is 1. The molecule has 160 valence electrons. The summed E-state index contributed by atoms with van der Waals surface area (Å²) in [6, 6.07) is 8.80. The van der Waals surface area contributed by atoms with Crippen molar-refractivity contribution in [3.63, 3.8) is 0 Å². The lowest BCUT2D eigenvalue weighted by molar-refractivity contribution is -0.140. The predicted molar refractivity (Wildman–Crippen MR) is 107 cm³/mol. The summed E-state index contributed by atoms with van der Waals surface area (Å²) in [5.74, 6) is -2.48. The van der Waals surface area contributed by atoms with Gasteiger partial charge in [0, 0.05) is 17.0 Å². The monoisotopic (exact) mass is 440 g/mol. The number of hydrogen-bond donors (Lipinski definition) is 2. The Morgan fingerprint density at radius 1 is 1.13 bits per heavy atom. The van der Waals surface area contributed by atoms with Gasteiger partial charge in [-0.2, -0.15) is 13.2 Å². The molecule has 0 aliphatic heterocycles. The fourth-order valence-corrected chi connectivity index (χ4v) is 3.31. The van der Waals surface area contributed by atoms with E-state index in [0.29, 0.717) is 11.1 Å². The molecule has 2 N–H and O–H groups in total. The molecule has 10 heteroatoms. The Bertz CT molecular complexity index is 949. The van der Waals surface area contributed by atoms with Crippen molar-refractivity contribution in [3.05, 3.63) is 52.9 Å². The van der Waals surface area contributed by atoms with Crippen LogP contribution in [-0.2, 0) is 14.3 Å². The summed E-state index contributed by atoms with van der Waals surface area (Å²) in [7, 11) is 0. The van der Waals surface area contributed by atoms with Crippen LogP contribution in [-0.4, -0.2) is 37.1 Å². The largest absolute Gasteiger partial charge is 0.452 e. The van der Waals surface area contributed by atoms with Crippen molar-refractivity contribution in [3.8, 4) is 11.1 Å². The minimum Gasteiger partial charge on any atom is -0.452 e. The van der Waals surface area contributed by atoms with Gasteiger partial charge in [0.05, 0.1) is 0 Å². The third-order valence-electron chi connectivity index (χ3n) is 3.56. The van der Waals surface area contributed by atoms with Gasteiger partial charge in [0.25, 0.3) is 5.91 Å². The molecule has 1 heterocycles. The molecule has 0 aliphatic carbocycles. The first kappa shape index (κ1) is 23.1. The number of ether oxygens (including phenoxy) is 1. The minimum atomic E-state index is -4.57. The highest BCUT2D eigenvalue weighted by molar-refractivity contribution is 7.15. The van der Waals surface area contributed by atoms with Gasteiger partial charge >= 0.3 is 12.1 Å². The maximum absolute atomic E-state index is 12.6. The van der Waals surface area contributed by atoms with E-state index in [4.69, 9.17) is 4.74 Å². The number of rotatable bonds is 7. The second kappa shape index (κ2) is 10.1. The molecule has 0 aliphatic rings. The topological polar surface area (TPSA) is 84.5 Å². The van der Waals surface area contributed by atoms with E-state index < -0.39 is 37.1 Å². The number of alkyl halides is 3. The molecule has 0 spiro atoms. The molecule has 0 bridgehead atoms. The Kier molecular flexibility index (Phi) is 7.76. The zero-order chi connectivity index (χ0) is 22.3. The van der Waals surface area contributed by atoms with E-state index in [9.17, 15) is 27.6 Å². The van der Waals surface area contributed by atoms with Crippen molar-refractivity contribution < 1.29 is 32.3 Å². The van der Waals surface area contributed by atoms with Crippen LogP contribution in [0.3, 0.4) is 0 Å². The molecule has 1 aromatic heterocycles. The molecule has 2 amide bonds. The number of thiophene rings is 1. The maximum atomic E-state index is 12.6. The molecule has 1 aromatic carbocycles. The molecule has 0 saturated carbocycles. The quantitative estimate of drug-likeness (QED) is 0.500. The molecule has 0 radical (unpaired) electrons. The average Bonchev–Trinajstić information content (AvgIpc) is 3.07. The van der Waals surface area contributed by atoms with Crippen LogP contribution in [0, 0.1) is 0 Å². The summed E-state index contributed by atoms with van der Waals surface area (Å²) in [6.07, 6.45) is -3.22. The second-order valence-electron chi connectivity index (χ2n) is 6.40. The first-order chi connectivity index (χ1) is 14.1. The number of carbonyl (C=O) groups excluding carboxylic acids is 3. The Balaban J connectivity index is 2.23. The van der Waals surface area contributed by atoms with Gasteiger partial charge in [-0.05, 0) is 19.4 Å². The molecule has 0 saturated heterocycles. The fraction of sp³-hybridized carbons (Fsp3) is 0.250. The third-order valence-corrected chi connectivity index (χ3v) is 4.45. The Morgan fingerprint density at radius 3 is 2.40 bits per heavy atom. The van der Waals surface area contributed by atoms with E-state index in [1.54, 1.807) is 54.9 Å². The summed E-state index contributed by atoms with van der Waals surface area (Å²) in [6.45, 7) is 1.05. The van der Waals surface area contributed by atoms with E-state index in [2.05, 4.69) is 5.32 Å². The number of nitrogens with one attached hydrogen (secondary N) is 2. The van der Waals surface area contributed by atoms with Crippen molar-refractivity contribution >= 4 is 34.1 Å². The summed E-state index contributed by atoms with van der Waals surface area (Å²) in [4.78, 5) is 36.3. The van der Waals surface area contributed by atoms with Gasteiger partial charge in [0.2, 0.25) is 5.91 Å². The highest BCUT2D eigenvalue weighted by Gasteiger charge is 2.28. The number of benzene rings is 1. The standard InChI is InChI=1S/C20H19F3N2O4S/c1-12(2)8-15(26)25-18-17(14(10-30-18)13-6-4-3-5-7-13)19(28)29-9-16(27)24-11-20(21,22)23/h3-8,10H,9,11H2,1-2H3,(H,24,27)(H,25,26). The van der Waals surface area contributed by atoms with E-state index in [-0.39, 0.29) is 10.6 Å². The van der Waals surface area contributed by atoms with Gasteiger partial charge in [-0.25, -0.2) is 4.79 Å². The van der Waals surface area contributed by atoms with Crippen molar-refractivity contribution in [2.75, 3.05) is 18.5 Å². The van der Waals surface area contributed by atoms with Crippen molar-refractivity contribution in [1.29, 1.82) is 0 Å². The highest BCUT2D eigenvalue weighted by Crippen LogP contribution is 2.36. The predicted octanol–water partition coefficient (Wildman–Crippen LogP) is 4.16. The van der Waals surface area contributed by atoms with E-state index in [1.807, 2.05) is 0 Å². The number of halogens is 3. The Morgan fingerprint density at radius 2 is 1.80 bits per heavy atom. The fourth-order valence-electron chi connectivity index (χ4n) is 2.35. The number of carbonyl (C=O) groups is 3. The molecular weight excluding hydrogens is 421 g/mol. The van der Waals surface area contributed by atoms with Crippen LogP contribution in [0.15, 0.2) is 47.4 Å². The first-order valence-corrected chi connectivity index (χ1v) is 9.58.